The van der Waals surface area contributed by atoms with Crippen LogP contribution in [0, 0.1) is 11.3 Å². The highest BCUT2D eigenvalue weighted by Gasteiger charge is 2.11. The summed E-state index contributed by atoms with van der Waals surface area (Å²) in [6, 6.07) is 6.72. The molecule has 0 spiro atoms. The molecule has 108 valence electrons. The molecular formula is C16H20ClNO2. The number of unbranched alkanes of at least 4 members (excludes halogenated alkanes) is 3. The maximum atomic E-state index is 11.1. The fourth-order valence-corrected chi connectivity index (χ4v) is 2.09. The molecule has 0 aliphatic heterocycles. The Morgan fingerprint density at radius 1 is 1.40 bits per heavy atom. The summed E-state index contributed by atoms with van der Waals surface area (Å²) in [5.41, 5.74) is 0.656. The lowest BCUT2D eigenvalue weighted by atomic mass is 10.1. The predicted octanol–water partition coefficient (Wildman–Crippen LogP) is 4.67. The molecule has 20 heavy (non-hydrogen) atoms. The van der Waals surface area contributed by atoms with Gasteiger partial charge in [0, 0.05) is 5.56 Å². The van der Waals surface area contributed by atoms with Gasteiger partial charge in [-0.15, -0.1) is 0 Å². The molecule has 1 atom stereocenters. The molecule has 0 saturated heterocycles. The second kappa shape index (κ2) is 8.60. The van der Waals surface area contributed by atoms with Crippen LogP contribution in [0.2, 0.25) is 0 Å². The van der Waals surface area contributed by atoms with E-state index in [9.17, 15) is 4.79 Å². The first-order valence-electron chi connectivity index (χ1n) is 6.99. The zero-order chi connectivity index (χ0) is 15.0. The summed E-state index contributed by atoms with van der Waals surface area (Å²) in [5.74, 6) is 0.511. The number of hydrogen-bond acceptors (Lipinski definition) is 3. The highest BCUT2D eigenvalue weighted by Crippen LogP contribution is 2.22. The zero-order valence-electron chi connectivity index (χ0n) is 12.0. The van der Waals surface area contributed by atoms with Crippen LogP contribution < -0.4 is 4.74 Å². The molecule has 0 amide bonds. The molecule has 0 aliphatic rings. The van der Waals surface area contributed by atoms with Crippen LogP contribution in [0.5, 0.6) is 5.75 Å². The summed E-state index contributed by atoms with van der Waals surface area (Å²) in [5, 5.41) is 8.53. The van der Waals surface area contributed by atoms with Crippen molar-refractivity contribution in [2.24, 2.45) is 0 Å². The van der Waals surface area contributed by atoms with Crippen molar-refractivity contribution >= 4 is 16.8 Å². The summed E-state index contributed by atoms with van der Waals surface area (Å²) in [6.45, 7) is 4.17. The third-order valence-corrected chi connectivity index (χ3v) is 3.34. The van der Waals surface area contributed by atoms with Gasteiger partial charge in [-0.2, -0.15) is 5.26 Å². The largest absolute Gasteiger partial charge is 0.489 e. The summed E-state index contributed by atoms with van der Waals surface area (Å²) in [7, 11) is 0. The van der Waals surface area contributed by atoms with E-state index < -0.39 is 5.24 Å². The maximum absolute atomic E-state index is 11.1. The molecule has 0 fully saturated rings. The first-order valence-corrected chi connectivity index (χ1v) is 7.37. The molecule has 1 aromatic rings. The van der Waals surface area contributed by atoms with Gasteiger partial charge < -0.3 is 4.74 Å². The molecule has 1 unspecified atom stereocenters. The molecule has 0 bridgehead atoms. The van der Waals surface area contributed by atoms with Crippen molar-refractivity contribution in [3.05, 3.63) is 29.3 Å². The normalized spacial score (nSPS) is 11.7. The van der Waals surface area contributed by atoms with Gasteiger partial charge in [-0.3, -0.25) is 4.79 Å². The number of nitrogens with zero attached hydrogens (tertiary/aromatic N) is 1. The fourth-order valence-electron chi connectivity index (χ4n) is 1.98. The summed E-state index contributed by atoms with van der Waals surface area (Å²) < 4.78 is 5.77. The van der Waals surface area contributed by atoms with E-state index in [4.69, 9.17) is 21.6 Å². The number of nitriles is 1. The monoisotopic (exact) mass is 293 g/mol. The maximum Gasteiger partial charge on any atom is 0.252 e. The van der Waals surface area contributed by atoms with Crippen LogP contribution in [0.4, 0.5) is 0 Å². The lowest BCUT2D eigenvalue weighted by Crippen LogP contribution is -2.12. The first kappa shape index (κ1) is 16.5. The van der Waals surface area contributed by atoms with Crippen LogP contribution in [-0.4, -0.2) is 11.3 Å². The number of hydrogen-bond donors (Lipinski definition) is 0. The van der Waals surface area contributed by atoms with Crippen molar-refractivity contribution in [1.29, 1.82) is 5.26 Å². The first-order chi connectivity index (χ1) is 9.58. The third-order valence-electron chi connectivity index (χ3n) is 3.12. The van der Waals surface area contributed by atoms with E-state index >= 15 is 0 Å². The molecule has 0 aromatic heterocycles. The van der Waals surface area contributed by atoms with E-state index in [-0.39, 0.29) is 6.10 Å². The second-order valence-electron chi connectivity index (χ2n) is 4.87. The van der Waals surface area contributed by atoms with E-state index in [1.54, 1.807) is 12.1 Å². The molecule has 0 radical (unpaired) electrons. The topological polar surface area (TPSA) is 50.1 Å². The Hall–Kier alpha value is -1.53. The minimum Gasteiger partial charge on any atom is -0.489 e. The molecule has 0 saturated carbocycles. The van der Waals surface area contributed by atoms with Gasteiger partial charge >= 0.3 is 0 Å². The van der Waals surface area contributed by atoms with Crippen LogP contribution in [-0.2, 0) is 0 Å². The highest BCUT2D eigenvalue weighted by molar-refractivity contribution is 6.67. The second-order valence-corrected chi connectivity index (χ2v) is 5.22. The number of halogens is 1. The van der Waals surface area contributed by atoms with Gasteiger partial charge in [0.25, 0.3) is 5.24 Å². The molecule has 0 aliphatic carbocycles. The fraction of sp³-hybridized carbons (Fsp3) is 0.500. The SMILES string of the molecule is CCCCCCC(C)Oc1ccc(C(=O)Cl)cc1C#N. The summed E-state index contributed by atoms with van der Waals surface area (Å²) in [6.07, 6.45) is 5.78. The van der Waals surface area contributed by atoms with E-state index in [2.05, 4.69) is 6.92 Å². The molecule has 3 nitrogen and oxygen atoms in total. The quantitative estimate of drug-likeness (QED) is 0.517. The van der Waals surface area contributed by atoms with E-state index in [1.165, 1.54) is 25.3 Å². The van der Waals surface area contributed by atoms with E-state index in [0.717, 1.165) is 12.8 Å². The molecule has 1 rings (SSSR count). The molecule has 0 N–H and O–H groups in total. The summed E-state index contributed by atoms with van der Waals surface area (Å²) >= 11 is 5.40. The lowest BCUT2D eigenvalue weighted by Gasteiger charge is -2.15. The molecule has 0 heterocycles. The van der Waals surface area contributed by atoms with Gasteiger partial charge in [-0.25, -0.2) is 0 Å². The highest BCUT2D eigenvalue weighted by atomic mass is 35.5. The van der Waals surface area contributed by atoms with Crippen molar-refractivity contribution < 1.29 is 9.53 Å². The van der Waals surface area contributed by atoms with Crippen molar-refractivity contribution in [3.8, 4) is 11.8 Å². The van der Waals surface area contributed by atoms with Crippen LogP contribution in [0.25, 0.3) is 0 Å². The average Bonchev–Trinajstić information content (AvgIpc) is 2.43. The van der Waals surface area contributed by atoms with Gasteiger partial charge in [-0.05, 0) is 49.6 Å². The Bertz CT molecular complexity index is 494. The van der Waals surface area contributed by atoms with E-state index in [1.807, 2.05) is 13.0 Å². The predicted molar refractivity (Wildman–Crippen MR) is 80.2 cm³/mol. The number of rotatable bonds is 8. The van der Waals surface area contributed by atoms with Gasteiger partial charge in [-0.1, -0.05) is 26.2 Å². The zero-order valence-corrected chi connectivity index (χ0v) is 12.7. The Kier molecular flexibility index (Phi) is 7.11. The lowest BCUT2D eigenvalue weighted by molar-refractivity contribution is 0.108. The Morgan fingerprint density at radius 3 is 2.75 bits per heavy atom. The van der Waals surface area contributed by atoms with Gasteiger partial charge in [0.1, 0.15) is 11.8 Å². The molecule has 1 aromatic carbocycles. The number of ether oxygens (including phenoxy) is 1. The van der Waals surface area contributed by atoms with Crippen LogP contribution >= 0.6 is 11.6 Å². The smallest absolute Gasteiger partial charge is 0.252 e. The molecule has 4 heteroatoms. The minimum atomic E-state index is -0.569. The van der Waals surface area contributed by atoms with Crippen LogP contribution in [0.1, 0.15) is 61.9 Å². The van der Waals surface area contributed by atoms with Gasteiger partial charge in [0.15, 0.2) is 0 Å². The standard InChI is InChI=1S/C16H20ClNO2/c1-3-4-5-6-7-12(2)20-15-9-8-13(16(17)19)10-14(15)11-18/h8-10,12H,3-7H2,1-2H3. The number of carbonyl (C=O) groups is 1. The number of carbonyl (C=O) groups excluding carboxylic acids is 1. The number of benzene rings is 1. The van der Waals surface area contributed by atoms with Crippen molar-refractivity contribution in [2.75, 3.05) is 0 Å². The van der Waals surface area contributed by atoms with Crippen LogP contribution in [0.15, 0.2) is 18.2 Å². The third kappa shape index (κ3) is 5.22. The summed E-state index contributed by atoms with van der Waals surface area (Å²) in [4.78, 5) is 11.1. The van der Waals surface area contributed by atoms with Crippen molar-refractivity contribution in [1.82, 2.24) is 0 Å². The van der Waals surface area contributed by atoms with Crippen LogP contribution in [0.3, 0.4) is 0 Å². The molecular weight excluding hydrogens is 274 g/mol. The van der Waals surface area contributed by atoms with Crippen molar-refractivity contribution in [3.63, 3.8) is 0 Å². The average molecular weight is 294 g/mol. The van der Waals surface area contributed by atoms with Gasteiger partial charge in [0.2, 0.25) is 0 Å². The van der Waals surface area contributed by atoms with Gasteiger partial charge in [0.05, 0.1) is 11.7 Å². The van der Waals surface area contributed by atoms with Crippen molar-refractivity contribution in [2.45, 2.75) is 52.1 Å². The Balaban J connectivity index is 2.63. The van der Waals surface area contributed by atoms with E-state index in [0.29, 0.717) is 16.9 Å². The Morgan fingerprint density at radius 2 is 2.15 bits per heavy atom. The minimum absolute atomic E-state index is 0.0523. The Labute approximate surface area is 125 Å².